The van der Waals surface area contributed by atoms with Crippen LogP contribution in [0.25, 0.3) is 0 Å². The fraction of sp³-hybridized carbons (Fsp3) is 0.533. The number of amides is 1. The molecule has 0 aromatic heterocycles. The first-order chi connectivity index (χ1) is 9.56. The Morgan fingerprint density at radius 2 is 2.05 bits per heavy atom. The van der Waals surface area contributed by atoms with E-state index in [1.165, 1.54) is 0 Å². The minimum absolute atomic E-state index is 0.0102. The van der Waals surface area contributed by atoms with Gasteiger partial charge in [-0.1, -0.05) is 13.8 Å². The van der Waals surface area contributed by atoms with Crippen LogP contribution in [0.2, 0.25) is 0 Å². The normalized spacial score (nSPS) is 20.8. The topological polar surface area (TPSA) is 64.8 Å². The third kappa shape index (κ3) is 2.17. The van der Waals surface area contributed by atoms with Gasteiger partial charge < -0.3 is 20.1 Å². The fourth-order valence-electron chi connectivity index (χ4n) is 2.83. The highest BCUT2D eigenvalue weighted by molar-refractivity contribution is 6.00. The van der Waals surface area contributed by atoms with Crippen LogP contribution in [-0.2, 0) is 0 Å². The molecular formula is C15H20N2O3. The molecule has 2 N–H and O–H groups in total. The second-order valence-electron chi connectivity index (χ2n) is 5.84. The number of nitrogens with zero attached hydrogens (tertiary/aromatic N) is 1. The van der Waals surface area contributed by atoms with Crippen LogP contribution in [0.4, 0.5) is 5.69 Å². The second kappa shape index (κ2) is 4.89. The van der Waals surface area contributed by atoms with Gasteiger partial charge in [0.25, 0.3) is 5.91 Å². The van der Waals surface area contributed by atoms with E-state index in [9.17, 15) is 4.79 Å². The summed E-state index contributed by atoms with van der Waals surface area (Å²) in [6.45, 7) is 6.20. The van der Waals surface area contributed by atoms with Gasteiger partial charge in [0, 0.05) is 24.8 Å². The number of carbonyl (C=O) groups excluding carboxylic acids is 1. The summed E-state index contributed by atoms with van der Waals surface area (Å²) in [6.07, 6.45) is 1.06. The van der Waals surface area contributed by atoms with Crippen molar-refractivity contribution in [3.05, 3.63) is 17.7 Å². The van der Waals surface area contributed by atoms with Gasteiger partial charge in [-0.15, -0.1) is 0 Å². The summed E-state index contributed by atoms with van der Waals surface area (Å²) < 4.78 is 10.6. The van der Waals surface area contributed by atoms with Crippen molar-refractivity contribution in [2.24, 2.45) is 11.8 Å². The molecule has 20 heavy (non-hydrogen) atoms. The number of hydrogen-bond donors (Lipinski definition) is 1. The molecule has 5 nitrogen and oxygen atoms in total. The van der Waals surface area contributed by atoms with Crippen LogP contribution >= 0.6 is 0 Å². The average Bonchev–Trinajstić information content (AvgIpc) is 3.05. The van der Waals surface area contributed by atoms with E-state index in [1.54, 1.807) is 12.1 Å². The zero-order chi connectivity index (χ0) is 14.3. The van der Waals surface area contributed by atoms with Gasteiger partial charge in [-0.25, -0.2) is 0 Å². The number of likely N-dealkylation sites (tertiary alicyclic amines) is 1. The Kier molecular flexibility index (Phi) is 3.20. The lowest BCUT2D eigenvalue weighted by Gasteiger charge is -2.19. The summed E-state index contributed by atoms with van der Waals surface area (Å²) in [6, 6.07) is 3.37. The summed E-state index contributed by atoms with van der Waals surface area (Å²) in [7, 11) is 0. The van der Waals surface area contributed by atoms with Gasteiger partial charge >= 0.3 is 0 Å². The van der Waals surface area contributed by atoms with Gasteiger partial charge in [0.05, 0.1) is 5.56 Å². The van der Waals surface area contributed by atoms with E-state index < -0.39 is 0 Å². The maximum absolute atomic E-state index is 12.6. The van der Waals surface area contributed by atoms with Crippen molar-refractivity contribution >= 4 is 11.6 Å². The monoisotopic (exact) mass is 276 g/mol. The molecule has 0 radical (unpaired) electrons. The molecule has 1 unspecified atom stereocenters. The molecule has 3 rings (SSSR count). The first-order valence-corrected chi connectivity index (χ1v) is 7.04. The Balaban J connectivity index is 1.81. The minimum atomic E-state index is -0.0102. The number of ether oxygens (including phenoxy) is 2. The molecule has 2 aliphatic heterocycles. The van der Waals surface area contributed by atoms with E-state index in [-0.39, 0.29) is 12.7 Å². The van der Waals surface area contributed by atoms with Crippen LogP contribution in [0.5, 0.6) is 11.5 Å². The molecule has 1 amide bonds. The van der Waals surface area contributed by atoms with Crippen LogP contribution in [0, 0.1) is 11.8 Å². The quantitative estimate of drug-likeness (QED) is 0.840. The summed E-state index contributed by atoms with van der Waals surface area (Å²) in [4.78, 5) is 14.5. The highest BCUT2D eigenvalue weighted by Gasteiger charge is 2.30. The largest absolute Gasteiger partial charge is 0.454 e. The first kappa shape index (κ1) is 13.1. The SMILES string of the molecule is CC(C)C1CCN(C(=O)c2cc3c(cc2N)OCO3)C1. The van der Waals surface area contributed by atoms with Crippen molar-refractivity contribution in [3.8, 4) is 11.5 Å². The van der Waals surface area contributed by atoms with Crippen LogP contribution < -0.4 is 15.2 Å². The Labute approximate surface area is 118 Å². The van der Waals surface area contributed by atoms with Crippen molar-refractivity contribution in [2.45, 2.75) is 20.3 Å². The molecule has 5 heteroatoms. The van der Waals surface area contributed by atoms with Crippen molar-refractivity contribution in [1.29, 1.82) is 0 Å². The number of carbonyl (C=O) groups is 1. The minimum Gasteiger partial charge on any atom is -0.454 e. The molecule has 1 aromatic carbocycles. The Morgan fingerprint density at radius 3 is 2.70 bits per heavy atom. The fourth-order valence-corrected chi connectivity index (χ4v) is 2.83. The highest BCUT2D eigenvalue weighted by Crippen LogP contribution is 2.37. The van der Waals surface area contributed by atoms with Crippen LogP contribution in [-0.4, -0.2) is 30.7 Å². The second-order valence-corrected chi connectivity index (χ2v) is 5.84. The number of benzene rings is 1. The van der Waals surface area contributed by atoms with E-state index in [0.29, 0.717) is 34.6 Å². The maximum Gasteiger partial charge on any atom is 0.256 e. The molecule has 1 aromatic rings. The van der Waals surface area contributed by atoms with E-state index in [1.807, 2.05) is 4.90 Å². The van der Waals surface area contributed by atoms with Crippen molar-refractivity contribution in [2.75, 3.05) is 25.6 Å². The third-order valence-electron chi connectivity index (χ3n) is 4.23. The number of hydrogen-bond acceptors (Lipinski definition) is 4. The van der Waals surface area contributed by atoms with Gasteiger partial charge in [0.15, 0.2) is 11.5 Å². The standard InChI is InChI=1S/C15H20N2O3/c1-9(2)10-3-4-17(7-10)15(18)11-5-13-14(6-12(11)16)20-8-19-13/h5-6,9-10H,3-4,7-8,16H2,1-2H3. The number of nitrogen functional groups attached to an aromatic ring is 1. The highest BCUT2D eigenvalue weighted by atomic mass is 16.7. The average molecular weight is 276 g/mol. The number of rotatable bonds is 2. The zero-order valence-corrected chi connectivity index (χ0v) is 11.9. The lowest BCUT2D eigenvalue weighted by atomic mass is 9.95. The van der Waals surface area contributed by atoms with Crippen molar-refractivity contribution in [3.63, 3.8) is 0 Å². The zero-order valence-electron chi connectivity index (χ0n) is 11.9. The third-order valence-corrected chi connectivity index (χ3v) is 4.23. The molecule has 0 bridgehead atoms. The first-order valence-electron chi connectivity index (χ1n) is 7.04. The van der Waals surface area contributed by atoms with Crippen LogP contribution in [0.3, 0.4) is 0 Å². The molecular weight excluding hydrogens is 256 g/mol. The van der Waals surface area contributed by atoms with E-state index >= 15 is 0 Å². The lowest BCUT2D eigenvalue weighted by molar-refractivity contribution is 0.0784. The number of nitrogens with two attached hydrogens (primary N) is 1. The molecule has 2 heterocycles. The van der Waals surface area contributed by atoms with Crippen molar-refractivity contribution < 1.29 is 14.3 Å². The van der Waals surface area contributed by atoms with E-state index in [2.05, 4.69) is 13.8 Å². The van der Waals surface area contributed by atoms with Gasteiger partial charge in [0.2, 0.25) is 6.79 Å². The molecule has 108 valence electrons. The Bertz CT molecular complexity index is 542. The predicted molar refractivity (Wildman–Crippen MR) is 75.8 cm³/mol. The molecule has 1 saturated heterocycles. The molecule has 1 fully saturated rings. The van der Waals surface area contributed by atoms with Crippen LogP contribution in [0.1, 0.15) is 30.6 Å². The molecule has 0 spiro atoms. The smallest absolute Gasteiger partial charge is 0.256 e. The molecule has 0 aliphatic carbocycles. The molecule has 2 aliphatic rings. The summed E-state index contributed by atoms with van der Waals surface area (Å²) in [5, 5.41) is 0. The van der Waals surface area contributed by atoms with Crippen molar-refractivity contribution in [1.82, 2.24) is 4.90 Å². The Morgan fingerprint density at radius 1 is 1.35 bits per heavy atom. The summed E-state index contributed by atoms with van der Waals surface area (Å²) in [5.41, 5.74) is 6.94. The van der Waals surface area contributed by atoms with Gasteiger partial charge in [0.1, 0.15) is 0 Å². The lowest BCUT2D eigenvalue weighted by Crippen LogP contribution is -2.30. The number of anilines is 1. The van der Waals surface area contributed by atoms with E-state index in [4.69, 9.17) is 15.2 Å². The number of fused-ring (bicyclic) bond motifs is 1. The summed E-state index contributed by atoms with van der Waals surface area (Å²) >= 11 is 0. The van der Waals surface area contributed by atoms with Crippen LogP contribution in [0.15, 0.2) is 12.1 Å². The molecule has 0 saturated carbocycles. The molecule has 1 atom stereocenters. The summed E-state index contributed by atoms with van der Waals surface area (Å²) in [5.74, 6) is 2.38. The van der Waals surface area contributed by atoms with Gasteiger partial charge in [-0.2, -0.15) is 0 Å². The Hall–Kier alpha value is -1.91. The predicted octanol–water partition coefficient (Wildman–Crippen LogP) is 2.12. The van der Waals surface area contributed by atoms with Gasteiger partial charge in [-0.3, -0.25) is 4.79 Å². The van der Waals surface area contributed by atoms with Gasteiger partial charge in [-0.05, 0) is 24.3 Å². The maximum atomic E-state index is 12.6. The van der Waals surface area contributed by atoms with E-state index in [0.717, 1.165) is 19.5 Å².